The number of rotatable bonds is 5. The molecule has 3 aromatic rings. The number of aromatic nitrogens is 1. The second-order valence-corrected chi connectivity index (χ2v) is 7.33. The molecule has 0 saturated carbocycles. The number of nitrogens with one attached hydrogen (secondary N) is 1. The van der Waals surface area contributed by atoms with E-state index in [2.05, 4.69) is 15.2 Å². The topological polar surface area (TPSA) is 58.4 Å². The fraction of sp³-hybridized carbons (Fsp3) is 0.333. The quantitative estimate of drug-likeness (QED) is 0.721. The third kappa shape index (κ3) is 4.25. The molecule has 1 aromatic heterocycles. The van der Waals surface area contributed by atoms with Gasteiger partial charge in [0.05, 0.1) is 0 Å². The molecule has 27 heavy (non-hydrogen) atoms. The average Bonchev–Trinajstić information content (AvgIpc) is 3.12. The van der Waals surface area contributed by atoms with Crippen LogP contribution in [-0.2, 0) is 11.2 Å². The number of para-hydroxylation sites is 2. The molecule has 0 atom stereocenters. The van der Waals surface area contributed by atoms with Crippen molar-refractivity contribution >= 4 is 34.6 Å². The van der Waals surface area contributed by atoms with Gasteiger partial charge in [-0.05, 0) is 49.1 Å². The van der Waals surface area contributed by atoms with Crippen molar-refractivity contribution in [3.8, 4) is 0 Å². The minimum Gasteiger partial charge on any atom is -0.423 e. The lowest BCUT2D eigenvalue weighted by Crippen LogP contribution is -2.41. The van der Waals surface area contributed by atoms with Gasteiger partial charge < -0.3 is 14.6 Å². The fourth-order valence-electron chi connectivity index (χ4n) is 3.50. The molecule has 4 rings (SSSR count). The second kappa shape index (κ2) is 8.01. The molecule has 1 saturated heterocycles. The van der Waals surface area contributed by atoms with E-state index in [4.69, 9.17) is 16.0 Å². The van der Waals surface area contributed by atoms with Crippen LogP contribution in [0.1, 0.15) is 18.4 Å². The van der Waals surface area contributed by atoms with Gasteiger partial charge in [0.25, 0.3) is 6.01 Å². The molecule has 1 fully saturated rings. The van der Waals surface area contributed by atoms with Crippen LogP contribution in [0, 0.1) is 5.92 Å². The first-order valence-electron chi connectivity index (χ1n) is 9.32. The number of halogens is 1. The Hall–Kier alpha value is -2.53. The molecule has 0 spiro atoms. The zero-order valence-electron chi connectivity index (χ0n) is 15.0. The summed E-state index contributed by atoms with van der Waals surface area (Å²) in [5, 5.41) is 3.78. The van der Waals surface area contributed by atoms with Crippen molar-refractivity contribution in [3.63, 3.8) is 0 Å². The molecule has 1 amide bonds. The SMILES string of the molecule is O=C(NCCc1cccc(Cl)c1)C1CCN(c2nc3ccccc3o2)CC1. The summed E-state index contributed by atoms with van der Waals surface area (Å²) in [4.78, 5) is 19.1. The second-order valence-electron chi connectivity index (χ2n) is 6.90. The lowest BCUT2D eigenvalue weighted by atomic mass is 9.96. The van der Waals surface area contributed by atoms with Crippen LogP contribution in [0.15, 0.2) is 52.9 Å². The highest BCUT2D eigenvalue weighted by molar-refractivity contribution is 6.30. The van der Waals surface area contributed by atoms with Gasteiger partial charge in [-0.15, -0.1) is 0 Å². The predicted molar refractivity (Wildman–Crippen MR) is 107 cm³/mol. The Morgan fingerprint density at radius 3 is 2.78 bits per heavy atom. The van der Waals surface area contributed by atoms with Crippen LogP contribution in [0.5, 0.6) is 0 Å². The van der Waals surface area contributed by atoms with Gasteiger partial charge >= 0.3 is 0 Å². The number of fused-ring (bicyclic) bond motifs is 1. The normalized spacial score (nSPS) is 15.2. The molecule has 0 unspecified atom stereocenters. The van der Waals surface area contributed by atoms with Crippen molar-refractivity contribution in [1.29, 1.82) is 0 Å². The molecule has 1 aliphatic heterocycles. The van der Waals surface area contributed by atoms with E-state index >= 15 is 0 Å². The number of oxazole rings is 1. The van der Waals surface area contributed by atoms with Gasteiger partial charge in [-0.3, -0.25) is 4.79 Å². The van der Waals surface area contributed by atoms with Gasteiger partial charge in [-0.2, -0.15) is 4.98 Å². The Morgan fingerprint density at radius 2 is 2.00 bits per heavy atom. The Balaban J connectivity index is 1.26. The Bertz CT molecular complexity index is 899. The summed E-state index contributed by atoms with van der Waals surface area (Å²) in [6.45, 7) is 2.18. The molecular weight excluding hydrogens is 362 g/mol. The lowest BCUT2D eigenvalue weighted by molar-refractivity contribution is -0.125. The van der Waals surface area contributed by atoms with Crippen LogP contribution in [0.25, 0.3) is 11.1 Å². The van der Waals surface area contributed by atoms with Crippen molar-refractivity contribution in [2.45, 2.75) is 19.3 Å². The first-order valence-corrected chi connectivity index (χ1v) is 9.69. The Kier molecular flexibility index (Phi) is 5.30. The standard InChI is InChI=1S/C21H22ClN3O2/c22-17-5-3-4-15(14-17)8-11-23-20(26)16-9-12-25(13-10-16)21-24-18-6-1-2-7-19(18)27-21/h1-7,14,16H,8-13H2,(H,23,26). The molecule has 2 aromatic carbocycles. The van der Waals surface area contributed by atoms with Gasteiger partial charge in [0, 0.05) is 30.6 Å². The average molecular weight is 384 g/mol. The van der Waals surface area contributed by atoms with Crippen molar-refractivity contribution < 1.29 is 9.21 Å². The first-order chi connectivity index (χ1) is 13.2. The third-order valence-electron chi connectivity index (χ3n) is 5.02. The maximum atomic E-state index is 12.4. The third-order valence-corrected chi connectivity index (χ3v) is 5.26. The lowest BCUT2D eigenvalue weighted by Gasteiger charge is -2.30. The van der Waals surface area contributed by atoms with E-state index in [0.717, 1.165) is 54.0 Å². The van der Waals surface area contributed by atoms with Crippen molar-refractivity contribution in [3.05, 3.63) is 59.1 Å². The zero-order chi connectivity index (χ0) is 18.6. The van der Waals surface area contributed by atoms with Crippen LogP contribution in [0.2, 0.25) is 5.02 Å². The molecule has 5 nitrogen and oxygen atoms in total. The van der Waals surface area contributed by atoms with Crippen LogP contribution >= 0.6 is 11.6 Å². The summed E-state index contributed by atoms with van der Waals surface area (Å²) in [6.07, 6.45) is 2.40. The Morgan fingerprint density at radius 1 is 1.19 bits per heavy atom. The molecule has 0 bridgehead atoms. The number of benzene rings is 2. The largest absolute Gasteiger partial charge is 0.423 e. The van der Waals surface area contributed by atoms with E-state index in [9.17, 15) is 4.79 Å². The minimum absolute atomic E-state index is 0.0463. The van der Waals surface area contributed by atoms with E-state index in [1.807, 2.05) is 48.5 Å². The number of piperidine rings is 1. The Labute approximate surface area is 163 Å². The molecule has 1 aliphatic rings. The summed E-state index contributed by atoms with van der Waals surface area (Å²) in [7, 11) is 0. The van der Waals surface area contributed by atoms with E-state index < -0.39 is 0 Å². The summed E-state index contributed by atoms with van der Waals surface area (Å²) in [5.74, 6) is 0.180. The summed E-state index contributed by atoms with van der Waals surface area (Å²) in [5.41, 5.74) is 2.80. The van der Waals surface area contributed by atoms with Gasteiger partial charge in [0.15, 0.2) is 5.58 Å². The van der Waals surface area contributed by atoms with Crippen LogP contribution < -0.4 is 10.2 Å². The minimum atomic E-state index is 0.0463. The number of hydrogen-bond acceptors (Lipinski definition) is 4. The maximum Gasteiger partial charge on any atom is 0.298 e. The molecule has 1 N–H and O–H groups in total. The molecule has 0 aliphatic carbocycles. The molecule has 140 valence electrons. The maximum absolute atomic E-state index is 12.4. The molecule has 2 heterocycles. The summed E-state index contributed by atoms with van der Waals surface area (Å²) >= 11 is 5.99. The van der Waals surface area contributed by atoms with Gasteiger partial charge in [-0.1, -0.05) is 35.9 Å². The number of amides is 1. The van der Waals surface area contributed by atoms with Crippen LogP contribution in [0.4, 0.5) is 6.01 Å². The van der Waals surface area contributed by atoms with Gasteiger partial charge in [0.2, 0.25) is 5.91 Å². The van der Waals surface area contributed by atoms with E-state index in [-0.39, 0.29) is 11.8 Å². The van der Waals surface area contributed by atoms with E-state index in [1.54, 1.807) is 0 Å². The number of carbonyl (C=O) groups excluding carboxylic acids is 1. The molecule has 6 heteroatoms. The highest BCUT2D eigenvalue weighted by Gasteiger charge is 2.27. The number of carbonyl (C=O) groups is 1. The highest BCUT2D eigenvalue weighted by atomic mass is 35.5. The summed E-state index contributed by atoms with van der Waals surface area (Å²) < 4.78 is 5.83. The van der Waals surface area contributed by atoms with Crippen molar-refractivity contribution in [1.82, 2.24) is 10.3 Å². The monoisotopic (exact) mass is 383 g/mol. The molecular formula is C21H22ClN3O2. The smallest absolute Gasteiger partial charge is 0.298 e. The van der Waals surface area contributed by atoms with Crippen LogP contribution in [0.3, 0.4) is 0 Å². The van der Waals surface area contributed by atoms with Gasteiger partial charge in [0.1, 0.15) is 5.52 Å². The zero-order valence-corrected chi connectivity index (χ0v) is 15.8. The fourth-order valence-corrected chi connectivity index (χ4v) is 3.71. The number of nitrogens with zero attached hydrogens (tertiary/aromatic N) is 2. The van der Waals surface area contributed by atoms with Crippen molar-refractivity contribution in [2.24, 2.45) is 5.92 Å². The first kappa shape index (κ1) is 17.9. The van der Waals surface area contributed by atoms with E-state index in [1.165, 1.54) is 0 Å². The van der Waals surface area contributed by atoms with Gasteiger partial charge in [-0.25, -0.2) is 0 Å². The summed E-state index contributed by atoms with van der Waals surface area (Å²) in [6, 6.07) is 16.2. The highest BCUT2D eigenvalue weighted by Crippen LogP contribution is 2.26. The van der Waals surface area contributed by atoms with Crippen LogP contribution in [-0.4, -0.2) is 30.5 Å². The predicted octanol–water partition coefficient (Wildman–Crippen LogP) is 4.06. The number of hydrogen-bond donors (Lipinski definition) is 1. The molecule has 0 radical (unpaired) electrons. The van der Waals surface area contributed by atoms with Crippen molar-refractivity contribution in [2.75, 3.05) is 24.5 Å². The number of anilines is 1. The van der Waals surface area contributed by atoms with E-state index in [0.29, 0.717) is 12.6 Å².